The van der Waals surface area contributed by atoms with Crippen LogP contribution >= 0.6 is 0 Å². The average molecular weight is 344 g/mol. The Kier molecular flexibility index (Phi) is 5.95. The Morgan fingerprint density at radius 1 is 1.40 bits per heavy atom. The van der Waals surface area contributed by atoms with Gasteiger partial charge in [0.15, 0.2) is 0 Å². The first-order chi connectivity index (χ1) is 12.2. The second kappa shape index (κ2) is 8.58. The molecule has 1 N–H and O–H groups in total. The summed E-state index contributed by atoms with van der Waals surface area (Å²) in [5.74, 6) is -0.171. The Morgan fingerprint density at radius 3 is 3.08 bits per heavy atom. The van der Waals surface area contributed by atoms with Crippen molar-refractivity contribution in [1.29, 1.82) is 0 Å². The standard InChI is InChI=1S/C19H21FN2O3/c20-15-6-7-18(25-13-16-4-2-10-24-16)17(11-15)22-19(23)8-5-14-3-1-9-21-12-14/h1,3,6-7,9,11-12,16H,2,4-5,8,10,13H2,(H,22,23)/t16-/m0/s1. The quantitative estimate of drug-likeness (QED) is 0.837. The lowest BCUT2D eigenvalue weighted by Gasteiger charge is -2.15. The molecule has 3 rings (SSSR count). The van der Waals surface area contributed by atoms with Crippen LogP contribution in [0.25, 0.3) is 0 Å². The predicted octanol–water partition coefficient (Wildman–Crippen LogP) is 3.35. The lowest BCUT2D eigenvalue weighted by molar-refractivity contribution is -0.116. The second-order valence-corrected chi connectivity index (χ2v) is 6.00. The van der Waals surface area contributed by atoms with Crippen LogP contribution in [0.5, 0.6) is 5.75 Å². The molecule has 1 aliphatic rings. The number of carbonyl (C=O) groups excluding carboxylic acids is 1. The highest BCUT2D eigenvalue weighted by molar-refractivity contribution is 5.92. The number of halogens is 1. The molecule has 1 aromatic heterocycles. The highest BCUT2D eigenvalue weighted by atomic mass is 19.1. The van der Waals surface area contributed by atoms with E-state index < -0.39 is 5.82 Å². The maximum Gasteiger partial charge on any atom is 0.224 e. The summed E-state index contributed by atoms with van der Waals surface area (Å²) in [7, 11) is 0. The van der Waals surface area contributed by atoms with Crippen molar-refractivity contribution in [2.24, 2.45) is 0 Å². The van der Waals surface area contributed by atoms with Crippen LogP contribution in [0.15, 0.2) is 42.7 Å². The number of hydrogen-bond donors (Lipinski definition) is 1. The molecule has 0 saturated carbocycles. The van der Waals surface area contributed by atoms with E-state index in [0.717, 1.165) is 25.0 Å². The SMILES string of the molecule is O=C(CCc1cccnc1)Nc1cc(F)ccc1OC[C@@H]1CCCO1. The molecule has 6 heteroatoms. The third-order valence-electron chi connectivity index (χ3n) is 4.03. The van der Waals surface area contributed by atoms with Crippen molar-refractivity contribution in [3.8, 4) is 5.75 Å². The van der Waals surface area contributed by atoms with Gasteiger partial charge in [0.1, 0.15) is 18.2 Å². The number of pyridine rings is 1. The summed E-state index contributed by atoms with van der Waals surface area (Å²) in [5, 5.41) is 2.73. The van der Waals surface area contributed by atoms with Crippen LogP contribution in [0.3, 0.4) is 0 Å². The molecule has 0 spiro atoms. The zero-order chi connectivity index (χ0) is 17.5. The number of carbonyl (C=O) groups is 1. The van der Waals surface area contributed by atoms with E-state index in [-0.39, 0.29) is 18.4 Å². The van der Waals surface area contributed by atoms with Gasteiger partial charge in [0.05, 0.1) is 11.8 Å². The van der Waals surface area contributed by atoms with Gasteiger partial charge in [0, 0.05) is 31.5 Å². The van der Waals surface area contributed by atoms with E-state index in [1.807, 2.05) is 12.1 Å². The maximum absolute atomic E-state index is 13.5. The molecule has 1 fully saturated rings. The molecule has 2 aromatic rings. The Morgan fingerprint density at radius 2 is 2.32 bits per heavy atom. The van der Waals surface area contributed by atoms with E-state index in [9.17, 15) is 9.18 Å². The minimum Gasteiger partial charge on any atom is -0.489 e. The molecule has 1 aliphatic heterocycles. The molecule has 0 unspecified atom stereocenters. The van der Waals surface area contributed by atoms with Gasteiger partial charge < -0.3 is 14.8 Å². The lowest BCUT2D eigenvalue weighted by Crippen LogP contribution is -2.18. The van der Waals surface area contributed by atoms with Gasteiger partial charge in [-0.1, -0.05) is 6.07 Å². The topological polar surface area (TPSA) is 60.5 Å². The van der Waals surface area contributed by atoms with Crippen molar-refractivity contribution in [3.05, 3.63) is 54.1 Å². The first kappa shape index (κ1) is 17.4. The molecular weight excluding hydrogens is 323 g/mol. The van der Waals surface area contributed by atoms with Gasteiger partial charge in [-0.15, -0.1) is 0 Å². The minimum absolute atomic E-state index is 0.0548. The van der Waals surface area contributed by atoms with Gasteiger partial charge in [0.25, 0.3) is 0 Å². The van der Waals surface area contributed by atoms with E-state index in [4.69, 9.17) is 9.47 Å². The summed E-state index contributed by atoms with van der Waals surface area (Å²) < 4.78 is 24.8. The Balaban J connectivity index is 1.57. The number of aromatic nitrogens is 1. The number of benzene rings is 1. The fourth-order valence-electron chi connectivity index (χ4n) is 2.70. The fraction of sp³-hybridized carbons (Fsp3) is 0.368. The van der Waals surface area contributed by atoms with Gasteiger partial charge in [-0.25, -0.2) is 4.39 Å². The number of nitrogens with one attached hydrogen (secondary N) is 1. The molecular formula is C19H21FN2O3. The first-order valence-corrected chi connectivity index (χ1v) is 8.43. The van der Waals surface area contributed by atoms with Crippen LogP contribution in [0.4, 0.5) is 10.1 Å². The molecule has 132 valence electrons. The van der Waals surface area contributed by atoms with Crippen LogP contribution in [-0.2, 0) is 16.0 Å². The number of rotatable bonds is 7. The van der Waals surface area contributed by atoms with Crippen LogP contribution in [0, 0.1) is 5.82 Å². The van der Waals surface area contributed by atoms with Crippen molar-refractivity contribution in [2.45, 2.75) is 31.8 Å². The summed E-state index contributed by atoms with van der Waals surface area (Å²) >= 11 is 0. The molecule has 5 nitrogen and oxygen atoms in total. The van der Waals surface area contributed by atoms with E-state index in [2.05, 4.69) is 10.3 Å². The van der Waals surface area contributed by atoms with Gasteiger partial charge in [-0.05, 0) is 43.0 Å². The number of ether oxygens (including phenoxy) is 2. The highest BCUT2D eigenvalue weighted by Gasteiger charge is 2.17. The number of amides is 1. The van der Waals surface area contributed by atoms with Crippen LogP contribution in [-0.4, -0.2) is 30.2 Å². The molecule has 0 bridgehead atoms. The molecule has 1 amide bonds. The Hall–Kier alpha value is -2.47. The van der Waals surface area contributed by atoms with Gasteiger partial charge in [-0.2, -0.15) is 0 Å². The largest absolute Gasteiger partial charge is 0.489 e. The van der Waals surface area contributed by atoms with Crippen LogP contribution in [0.1, 0.15) is 24.8 Å². The summed E-state index contributed by atoms with van der Waals surface area (Å²) in [5.41, 5.74) is 1.32. The predicted molar refractivity (Wildman–Crippen MR) is 92.1 cm³/mol. The third-order valence-corrected chi connectivity index (χ3v) is 4.03. The zero-order valence-corrected chi connectivity index (χ0v) is 13.9. The van der Waals surface area contributed by atoms with E-state index in [0.29, 0.717) is 24.5 Å². The fourth-order valence-corrected chi connectivity index (χ4v) is 2.70. The number of aryl methyl sites for hydroxylation is 1. The summed E-state index contributed by atoms with van der Waals surface area (Å²) in [6.45, 7) is 1.14. The van der Waals surface area contributed by atoms with Gasteiger partial charge in [-0.3, -0.25) is 9.78 Å². The molecule has 2 heterocycles. The number of nitrogens with zero attached hydrogens (tertiary/aromatic N) is 1. The lowest BCUT2D eigenvalue weighted by atomic mass is 10.1. The Labute approximate surface area is 146 Å². The van der Waals surface area contributed by atoms with Crippen molar-refractivity contribution >= 4 is 11.6 Å². The van der Waals surface area contributed by atoms with Crippen molar-refractivity contribution in [1.82, 2.24) is 4.98 Å². The number of hydrogen-bond acceptors (Lipinski definition) is 4. The molecule has 1 saturated heterocycles. The molecule has 0 aliphatic carbocycles. The van der Waals surface area contributed by atoms with Gasteiger partial charge in [0.2, 0.25) is 5.91 Å². The molecule has 0 radical (unpaired) electrons. The van der Waals surface area contributed by atoms with Crippen molar-refractivity contribution < 1.29 is 18.7 Å². The highest BCUT2D eigenvalue weighted by Crippen LogP contribution is 2.26. The van der Waals surface area contributed by atoms with E-state index >= 15 is 0 Å². The van der Waals surface area contributed by atoms with Crippen molar-refractivity contribution in [3.63, 3.8) is 0 Å². The van der Waals surface area contributed by atoms with Gasteiger partial charge >= 0.3 is 0 Å². The molecule has 1 atom stereocenters. The van der Waals surface area contributed by atoms with Crippen LogP contribution in [0.2, 0.25) is 0 Å². The minimum atomic E-state index is -0.424. The first-order valence-electron chi connectivity index (χ1n) is 8.43. The normalized spacial score (nSPS) is 16.6. The van der Waals surface area contributed by atoms with E-state index in [1.165, 1.54) is 18.2 Å². The maximum atomic E-state index is 13.5. The smallest absolute Gasteiger partial charge is 0.224 e. The van der Waals surface area contributed by atoms with E-state index in [1.54, 1.807) is 12.4 Å². The van der Waals surface area contributed by atoms with Crippen molar-refractivity contribution in [2.75, 3.05) is 18.5 Å². The Bertz CT molecular complexity index is 703. The summed E-state index contributed by atoms with van der Waals surface area (Å²) in [4.78, 5) is 16.2. The molecule has 1 aromatic carbocycles. The summed E-state index contributed by atoms with van der Waals surface area (Å²) in [6.07, 6.45) is 6.30. The zero-order valence-electron chi connectivity index (χ0n) is 13.9. The molecule has 25 heavy (non-hydrogen) atoms. The second-order valence-electron chi connectivity index (χ2n) is 6.00. The van der Waals surface area contributed by atoms with Crippen LogP contribution < -0.4 is 10.1 Å². The number of anilines is 1. The third kappa shape index (κ3) is 5.26. The monoisotopic (exact) mass is 344 g/mol. The average Bonchev–Trinajstić information content (AvgIpc) is 3.14. The summed E-state index contributed by atoms with van der Waals surface area (Å²) in [6, 6.07) is 7.86.